The maximum absolute atomic E-state index is 12.7. The van der Waals surface area contributed by atoms with E-state index in [0.29, 0.717) is 6.54 Å². The highest BCUT2D eigenvalue weighted by Gasteiger charge is 2.27. The Bertz CT molecular complexity index is 986. The summed E-state index contributed by atoms with van der Waals surface area (Å²) in [5.74, 6) is 1.04. The van der Waals surface area contributed by atoms with Crippen molar-refractivity contribution in [2.75, 3.05) is 25.5 Å². The van der Waals surface area contributed by atoms with Crippen LogP contribution in [-0.2, 0) is 0 Å². The van der Waals surface area contributed by atoms with Crippen LogP contribution in [0.25, 0.3) is 10.6 Å². The van der Waals surface area contributed by atoms with Gasteiger partial charge in [0.2, 0.25) is 0 Å². The van der Waals surface area contributed by atoms with E-state index in [1.165, 1.54) is 0 Å². The third-order valence-electron chi connectivity index (χ3n) is 5.10. The Morgan fingerprint density at radius 2 is 2.03 bits per heavy atom. The fourth-order valence-electron chi connectivity index (χ4n) is 3.54. The van der Waals surface area contributed by atoms with E-state index in [1.807, 2.05) is 60.4 Å². The molecule has 1 aliphatic heterocycles. The molecule has 2 heterocycles. The summed E-state index contributed by atoms with van der Waals surface area (Å²) in [7, 11) is 1.65. The van der Waals surface area contributed by atoms with Crippen molar-refractivity contribution < 1.29 is 9.53 Å². The standard InChI is InChI=1S/C22H24N4O2S/c1-15-5-3-7-18(13-15)23-22(27)26-12-4-6-17(14-26)21-25-24-20(29-21)16-8-10-19(28-2)11-9-16/h3,5,7-11,13,17H,4,6,12,14H2,1-2H3,(H,23,27). The number of likely N-dealkylation sites (tertiary alicyclic amines) is 1. The first kappa shape index (κ1) is 19.4. The molecular formula is C22H24N4O2S. The number of carbonyl (C=O) groups excluding carboxylic acids is 1. The highest BCUT2D eigenvalue weighted by atomic mass is 32.1. The van der Waals surface area contributed by atoms with Gasteiger partial charge < -0.3 is 15.0 Å². The van der Waals surface area contributed by atoms with Gasteiger partial charge in [0.1, 0.15) is 15.8 Å². The van der Waals surface area contributed by atoms with E-state index in [1.54, 1.807) is 18.4 Å². The van der Waals surface area contributed by atoms with Crippen LogP contribution in [0, 0.1) is 6.92 Å². The first-order valence-corrected chi connectivity index (χ1v) is 10.5. The van der Waals surface area contributed by atoms with Gasteiger partial charge in [-0.05, 0) is 61.7 Å². The van der Waals surface area contributed by atoms with Crippen molar-refractivity contribution in [1.82, 2.24) is 15.1 Å². The lowest BCUT2D eigenvalue weighted by atomic mass is 9.99. The van der Waals surface area contributed by atoms with Gasteiger partial charge in [0.15, 0.2) is 0 Å². The number of hydrogen-bond acceptors (Lipinski definition) is 5. The first-order chi connectivity index (χ1) is 14.1. The Labute approximate surface area is 174 Å². The molecule has 0 bridgehead atoms. The van der Waals surface area contributed by atoms with Gasteiger partial charge in [0.05, 0.1) is 7.11 Å². The van der Waals surface area contributed by atoms with Crippen molar-refractivity contribution in [2.24, 2.45) is 0 Å². The zero-order valence-electron chi connectivity index (χ0n) is 16.6. The number of aryl methyl sites for hydroxylation is 1. The molecule has 1 fully saturated rings. The number of urea groups is 1. The van der Waals surface area contributed by atoms with Crippen molar-refractivity contribution >= 4 is 23.1 Å². The number of ether oxygens (including phenoxy) is 1. The third kappa shape index (κ3) is 4.56. The van der Waals surface area contributed by atoms with Crippen LogP contribution in [-0.4, -0.2) is 41.3 Å². The van der Waals surface area contributed by atoms with Crippen LogP contribution in [0.3, 0.4) is 0 Å². The highest BCUT2D eigenvalue weighted by Crippen LogP contribution is 2.33. The number of carbonyl (C=O) groups is 1. The zero-order valence-corrected chi connectivity index (χ0v) is 17.4. The number of methoxy groups -OCH3 is 1. The topological polar surface area (TPSA) is 67.4 Å². The SMILES string of the molecule is COc1ccc(-c2nnc(C3CCCN(C(=O)Nc4cccc(C)c4)C3)s2)cc1. The van der Waals surface area contributed by atoms with E-state index in [2.05, 4.69) is 15.5 Å². The van der Waals surface area contributed by atoms with Gasteiger partial charge in [-0.15, -0.1) is 10.2 Å². The maximum atomic E-state index is 12.7. The van der Waals surface area contributed by atoms with Crippen LogP contribution < -0.4 is 10.1 Å². The average molecular weight is 409 g/mol. The molecule has 1 atom stereocenters. The molecule has 0 aliphatic carbocycles. The zero-order chi connectivity index (χ0) is 20.2. The van der Waals surface area contributed by atoms with Gasteiger partial charge in [-0.25, -0.2) is 4.79 Å². The summed E-state index contributed by atoms with van der Waals surface area (Å²) in [5.41, 5.74) is 2.98. The second-order valence-electron chi connectivity index (χ2n) is 7.26. The Morgan fingerprint density at radius 1 is 1.21 bits per heavy atom. The lowest BCUT2D eigenvalue weighted by molar-refractivity contribution is 0.192. The molecule has 1 unspecified atom stereocenters. The van der Waals surface area contributed by atoms with E-state index in [-0.39, 0.29) is 11.9 Å². The molecule has 0 spiro atoms. The van der Waals surface area contributed by atoms with Crippen LogP contribution in [0.4, 0.5) is 10.5 Å². The Hall–Kier alpha value is -2.93. The molecule has 0 radical (unpaired) electrons. The Kier molecular flexibility index (Phi) is 5.76. The van der Waals surface area contributed by atoms with Crippen LogP contribution in [0.15, 0.2) is 48.5 Å². The summed E-state index contributed by atoms with van der Waals surface area (Å²) in [6.07, 6.45) is 1.98. The van der Waals surface area contributed by atoms with Crippen molar-refractivity contribution in [1.29, 1.82) is 0 Å². The highest BCUT2D eigenvalue weighted by molar-refractivity contribution is 7.14. The molecule has 7 heteroatoms. The van der Waals surface area contributed by atoms with Crippen molar-refractivity contribution in [3.05, 3.63) is 59.1 Å². The summed E-state index contributed by atoms with van der Waals surface area (Å²) in [6, 6.07) is 15.6. The summed E-state index contributed by atoms with van der Waals surface area (Å²) in [6.45, 7) is 3.44. The van der Waals surface area contributed by atoms with Gasteiger partial charge >= 0.3 is 6.03 Å². The van der Waals surface area contributed by atoms with Gasteiger partial charge in [0.25, 0.3) is 0 Å². The molecule has 29 heavy (non-hydrogen) atoms. The first-order valence-electron chi connectivity index (χ1n) is 9.73. The van der Waals surface area contributed by atoms with Gasteiger partial charge in [-0.1, -0.05) is 23.5 Å². The van der Waals surface area contributed by atoms with E-state index in [0.717, 1.165) is 52.0 Å². The number of piperidine rings is 1. The van der Waals surface area contributed by atoms with E-state index < -0.39 is 0 Å². The lowest BCUT2D eigenvalue weighted by Crippen LogP contribution is -2.41. The quantitative estimate of drug-likeness (QED) is 0.664. The minimum absolute atomic E-state index is 0.0554. The fraction of sp³-hybridized carbons (Fsp3) is 0.318. The van der Waals surface area contributed by atoms with E-state index in [4.69, 9.17) is 4.74 Å². The van der Waals surface area contributed by atoms with Crippen LogP contribution in [0.1, 0.15) is 29.3 Å². The summed E-state index contributed by atoms with van der Waals surface area (Å²) < 4.78 is 5.21. The molecular weight excluding hydrogens is 384 g/mol. The second-order valence-corrected chi connectivity index (χ2v) is 8.27. The molecule has 3 aromatic rings. The van der Waals surface area contributed by atoms with E-state index >= 15 is 0 Å². The average Bonchev–Trinajstić information content (AvgIpc) is 3.24. The van der Waals surface area contributed by atoms with Gasteiger partial charge in [-0.2, -0.15) is 0 Å². The van der Waals surface area contributed by atoms with Crippen LogP contribution in [0.2, 0.25) is 0 Å². The molecule has 4 rings (SSSR count). The van der Waals surface area contributed by atoms with Crippen molar-refractivity contribution in [3.8, 4) is 16.3 Å². The normalized spacial score (nSPS) is 16.5. The van der Waals surface area contributed by atoms with E-state index in [9.17, 15) is 4.79 Å². The molecule has 2 aromatic carbocycles. The second kappa shape index (κ2) is 8.61. The number of hydrogen-bond donors (Lipinski definition) is 1. The molecule has 0 saturated carbocycles. The number of nitrogens with zero attached hydrogens (tertiary/aromatic N) is 3. The molecule has 6 nitrogen and oxygen atoms in total. The van der Waals surface area contributed by atoms with Crippen molar-refractivity contribution in [2.45, 2.75) is 25.7 Å². The molecule has 1 aliphatic rings. The third-order valence-corrected chi connectivity index (χ3v) is 6.24. The molecule has 1 N–H and O–H groups in total. The molecule has 150 valence electrons. The molecule has 2 amide bonds. The number of aromatic nitrogens is 2. The van der Waals surface area contributed by atoms with Gasteiger partial charge in [-0.3, -0.25) is 0 Å². The molecule has 1 aromatic heterocycles. The maximum Gasteiger partial charge on any atom is 0.321 e. The Balaban J connectivity index is 1.43. The molecule has 1 saturated heterocycles. The minimum Gasteiger partial charge on any atom is -0.497 e. The van der Waals surface area contributed by atoms with Crippen LogP contribution >= 0.6 is 11.3 Å². The fourth-order valence-corrected chi connectivity index (χ4v) is 4.51. The summed E-state index contributed by atoms with van der Waals surface area (Å²) in [5, 5.41) is 13.7. The summed E-state index contributed by atoms with van der Waals surface area (Å²) >= 11 is 1.60. The predicted molar refractivity (Wildman–Crippen MR) is 116 cm³/mol. The van der Waals surface area contributed by atoms with Crippen LogP contribution in [0.5, 0.6) is 5.75 Å². The lowest BCUT2D eigenvalue weighted by Gasteiger charge is -2.31. The Morgan fingerprint density at radius 3 is 2.79 bits per heavy atom. The monoisotopic (exact) mass is 408 g/mol. The number of anilines is 1. The number of benzene rings is 2. The summed E-state index contributed by atoms with van der Waals surface area (Å²) in [4.78, 5) is 14.6. The predicted octanol–water partition coefficient (Wildman–Crippen LogP) is 4.93. The largest absolute Gasteiger partial charge is 0.497 e. The minimum atomic E-state index is -0.0554. The number of rotatable bonds is 4. The number of amides is 2. The smallest absolute Gasteiger partial charge is 0.321 e. The van der Waals surface area contributed by atoms with Gasteiger partial charge in [0, 0.05) is 30.3 Å². The van der Waals surface area contributed by atoms with Crippen molar-refractivity contribution in [3.63, 3.8) is 0 Å². The number of nitrogens with one attached hydrogen (secondary N) is 1.